The SMILES string of the molecule is CC(CCN1CCNC(c2ccccc2)C1)S(C)=O. The van der Waals surface area contributed by atoms with Crippen molar-refractivity contribution in [1.29, 1.82) is 0 Å². The monoisotopic (exact) mass is 280 g/mol. The van der Waals surface area contributed by atoms with Gasteiger partial charge >= 0.3 is 0 Å². The lowest BCUT2D eigenvalue weighted by molar-refractivity contribution is 0.199. The van der Waals surface area contributed by atoms with Gasteiger partial charge in [-0.25, -0.2) is 0 Å². The molecule has 0 spiro atoms. The molecule has 1 aliphatic rings. The molecule has 19 heavy (non-hydrogen) atoms. The fraction of sp³-hybridized carbons (Fsp3) is 0.600. The Bertz CT molecular complexity index is 410. The van der Waals surface area contributed by atoms with Crippen LogP contribution in [0, 0.1) is 0 Å². The van der Waals surface area contributed by atoms with Gasteiger partial charge < -0.3 is 10.2 Å². The summed E-state index contributed by atoms with van der Waals surface area (Å²) in [5.41, 5.74) is 1.36. The first kappa shape index (κ1) is 14.7. The number of hydrogen-bond acceptors (Lipinski definition) is 3. The number of nitrogens with zero attached hydrogens (tertiary/aromatic N) is 1. The summed E-state index contributed by atoms with van der Waals surface area (Å²) >= 11 is 0. The Labute approximate surface area is 118 Å². The maximum atomic E-state index is 11.4. The highest BCUT2D eigenvalue weighted by molar-refractivity contribution is 7.84. The number of hydrogen-bond donors (Lipinski definition) is 1. The smallest absolute Gasteiger partial charge is 0.0449 e. The summed E-state index contributed by atoms with van der Waals surface area (Å²) in [5.74, 6) is 0. The summed E-state index contributed by atoms with van der Waals surface area (Å²) in [4.78, 5) is 2.48. The van der Waals surface area contributed by atoms with Gasteiger partial charge in [0.2, 0.25) is 0 Å². The molecule has 1 aromatic carbocycles. The van der Waals surface area contributed by atoms with Crippen LogP contribution in [0.2, 0.25) is 0 Å². The third kappa shape index (κ3) is 4.41. The summed E-state index contributed by atoms with van der Waals surface area (Å²) in [6.45, 7) is 6.29. The minimum Gasteiger partial charge on any atom is -0.308 e. The van der Waals surface area contributed by atoms with Crippen molar-refractivity contribution in [3.05, 3.63) is 35.9 Å². The van der Waals surface area contributed by atoms with Crippen molar-refractivity contribution in [3.8, 4) is 0 Å². The van der Waals surface area contributed by atoms with Gasteiger partial charge in [-0.3, -0.25) is 4.21 Å². The minimum absolute atomic E-state index is 0.296. The Hall–Kier alpha value is -0.710. The summed E-state index contributed by atoms with van der Waals surface area (Å²) in [6.07, 6.45) is 2.82. The van der Waals surface area contributed by atoms with Gasteiger partial charge in [-0.15, -0.1) is 0 Å². The molecule has 0 bridgehead atoms. The van der Waals surface area contributed by atoms with Gasteiger partial charge in [0.05, 0.1) is 0 Å². The molecule has 0 aliphatic carbocycles. The first-order valence-corrected chi connectivity index (χ1v) is 8.62. The van der Waals surface area contributed by atoms with Crippen LogP contribution in [-0.2, 0) is 10.8 Å². The van der Waals surface area contributed by atoms with Gasteiger partial charge in [0.15, 0.2) is 0 Å². The van der Waals surface area contributed by atoms with Gasteiger partial charge in [-0.1, -0.05) is 37.3 Å². The van der Waals surface area contributed by atoms with Crippen LogP contribution < -0.4 is 5.32 Å². The van der Waals surface area contributed by atoms with E-state index in [0.717, 1.165) is 32.6 Å². The van der Waals surface area contributed by atoms with E-state index in [1.807, 2.05) is 0 Å². The highest BCUT2D eigenvalue weighted by Crippen LogP contribution is 2.17. The summed E-state index contributed by atoms with van der Waals surface area (Å²) in [7, 11) is -0.702. The van der Waals surface area contributed by atoms with Crippen molar-refractivity contribution >= 4 is 10.8 Å². The largest absolute Gasteiger partial charge is 0.308 e. The summed E-state index contributed by atoms with van der Waals surface area (Å²) in [6, 6.07) is 11.0. The number of rotatable bonds is 5. The lowest BCUT2D eigenvalue weighted by Crippen LogP contribution is -2.46. The van der Waals surface area contributed by atoms with Crippen molar-refractivity contribution in [2.75, 3.05) is 32.4 Å². The third-order valence-electron chi connectivity index (χ3n) is 3.88. The topological polar surface area (TPSA) is 32.3 Å². The highest BCUT2D eigenvalue weighted by atomic mass is 32.2. The maximum absolute atomic E-state index is 11.4. The van der Waals surface area contributed by atoms with E-state index in [1.165, 1.54) is 5.56 Å². The van der Waals surface area contributed by atoms with Crippen LogP contribution in [0.3, 0.4) is 0 Å². The van der Waals surface area contributed by atoms with E-state index >= 15 is 0 Å². The maximum Gasteiger partial charge on any atom is 0.0449 e. The van der Waals surface area contributed by atoms with Crippen LogP contribution in [0.25, 0.3) is 0 Å². The number of benzene rings is 1. The van der Waals surface area contributed by atoms with Crippen LogP contribution in [0.15, 0.2) is 30.3 Å². The van der Waals surface area contributed by atoms with Crippen molar-refractivity contribution in [2.24, 2.45) is 0 Å². The molecule has 1 heterocycles. The molecule has 3 unspecified atom stereocenters. The van der Waals surface area contributed by atoms with E-state index < -0.39 is 10.8 Å². The van der Waals surface area contributed by atoms with Gasteiger partial charge in [0.25, 0.3) is 0 Å². The Balaban J connectivity index is 1.86. The lowest BCUT2D eigenvalue weighted by atomic mass is 10.0. The minimum atomic E-state index is -0.702. The molecule has 4 heteroatoms. The van der Waals surface area contributed by atoms with Crippen molar-refractivity contribution < 1.29 is 4.21 Å². The molecule has 1 aliphatic heterocycles. The van der Waals surface area contributed by atoms with Crippen molar-refractivity contribution in [2.45, 2.75) is 24.6 Å². The van der Waals surface area contributed by atoms with E-state index in [0.29, 0.717) is 11.3 Å². The second kappa shape index (κ2) is 7.17. The van der Waals surface area contributed by atoms with E-state index in [4.69, 9.17) is 0 Å². The standard InChI is InChI=1S/C15H24N2OS/c1-13(19(2)18)8-10-17-11-9-16-15(12-17)14-6-4-3-5-7-14/h3-7,13,15-16H,8-12H2,1-2H3. The molecule has 1 N–H and O–H groups in total. The molecule has 0 saturated carbocycles. The van der Waals surface area contributed by atoms with Gasteiger partial charge in [-0.05, 0) is 18.5 Å². The van der Waals surface area contributed by atoms with E-state index in [1.54, 1.807) is 6.26 Å². The first-order valence-electron chi connectivity index (χ1n) is 6.99. The van der Waals surface area contributed by atoms with Gasteiger partial charge in [0, 0.05) is 48.0 Å². The zero-order valence-electron chi connectivity index (χ0n) is 11.8. The lowest BCUT2D eigenvalue weighted by Gasteiger charge is -2.34. The van der Waals surface area contributed by atoms with Crippen molar-refractivity contribution in [3.63, 3.8) is 0 Å². The zero-order valence-corrected chi connectivity index (χ0v) is 12.7. The zero-order chi connectivity index (χ0) is 13.7. The van der Waals surface area contributed by atoms with Crippen LogP contribution in [0.5, 0.6) is 0 Å². The Kier molecular flexibility index (Phi) is 5.55. The Morgan fingerprint density at radius 1 is 1.42 bits per heavy atom. The van der Waals surface area contributed by atoms with Crippen LogP contribution in [-0.4, -0.2) is 46.8 Å². The molecule has 0 aromatic heterocycles. The molecule has 0 radical (unpaired) electrons. The summed E-state index contributed by atoms with van der Waals surface area (Å²) < 4.78 is 11.4. The Morgan fingerprint density at radius 2 is 2.16 bits per heavy atom. The third-order valence-corrected chi connectivity index (χ3v) is 5.25. The molecular weight excluding hydrogens is 256 g/mol. The average molecular weight is 280 g/mol. The highest BCUT2D eigenvalue weighted by Gasteiger charge is 2.20. The van der Waals surface area contributed by atoms with Gasteiger partial charge in [-0.2, -0.15) is 0 Å². The molecule has 3 nitrogen and oxygen atoms in total. The first-order chi connectivity index (χ1) is 9.16. The predicted octanol–water partition coefficient (Wildman–Crippen LogP) is 1.79. The Morgan fingerprint density at radius 3 is 2.84 bits per heavy atom. The molecule has 0 amide bonds. The second-order valence-corrected chi connectivity index (χ2v) is 7.12. The predicted molar refractivity (Wildman–Crippen MR) is 81.8 cm³/mol. The summed E-state index contributed by atoms with van der Waals surface area (Å²) in [5, 5.41) is 3.87. The molecule has 3 atom stereocenters. The van der Waals surface area contributed by atoms with E-state index in [9.17, 15) is 4.21 Å². The molecule has 106 valence electrons. The molecular formula is C15H24N2OS. The van der Waals surface area contributed by atoms with Crippen LogP contribution in [0.1, 0.15) is 24.9 Å². The second-order valence-electron chi connectivity index (χ2n) is 5.32. The van der Waals surface area contributed by atoms with E-state index in [2.05, 4.69) is 47.5 Å². The quantitative estimate of drug-likeness (QED) is 0.892. The molecule has 2 rings (SSSR count). The molecule has 1 fully saturated rings. The van der Waals surface area contributed by atoms with Crippen molar-refractivity contribution in [1.82, 2.24) is 10.2 Å². The van der Waals surface area contributed by atoms with Crippen LogP contribution >= 0.6 is 0 Å². The number of piperazine rings is 1. The normalized spacial score (nSPS) is 24.0. The molecule has 1 saturated heterocycles. The fourth-order valence-corrected chi connectivity index (χ4v) is 2.89. The van der Waals surface area contributed by atoms with E-state index in [-0.39, 0.29) is 0 Å². The van der Waals surface area contributed by atoms with Gasteiger partial charge in [0.1, 0.15) is 0 Å². The average Bonchev–Trinajstić information content (AvgIpc) is 2.46. The fourth-order valence-electron chi connectivity index (χ4n) is 2.45. The molecule has 1 aromatic rings. The number of nitrogens with one attached hydrogen (secondary N) is 1. The van der Waals surface area contributed by atoms with Crippen LogP contribution in [0.4, 0.5) is 0 Å².